The van der Waals surface area contributed by atoms with Crippen LogP contribution in [0.4, 0.5) is 17.1 Å². The average Bonchev–Trinajstić information content (AvgIpc) is 2.83. The maximum Gasteiger partial charge on any atom is 0.296 e. The third kappa shape index (κ3) is 5.67. The highest BCUT2D eigenvalue weighted by molar-refractivity contribution is 7.86. The summed E-state index contributed by atoms with van der Waals surface area (Å²) in [6.07, 6.45) is 0. The van der Waals surface area contributed by atoms with E-state index in [9.17, 15) is 22.9 Å². The summed E-state index contributed by atoms with van der Waals surface area (Å²) >= 11 is 12.2. The fourth-order valence-electron chi connectivity index (χ4n) is 3.58. The lowest BCUT2D eigenvalue weighted by molar-refractivity contribution is 0.102. The Morgan fingerprint density at radius 3 is 2.46 bits per heavy atom. The monoisotopic (exact) mass is 559 g/mol. The summed E-state index contributed by atoms with van der Waals surface area (Å²) in [6.45, 7) is 1.56. The Morgan fingerprint density at radius 1 is 1.03 bits per heavy atom. The number of ether oxygens (including phenoxy) is 1. The number of methoxy groups -OCH3 is 1. The lowest BCUT2D eigenvalue weighted by Crippen LogP contribution is -2.12. The molecule has 1 amide bonds. The highest BCUT2D eigenvalue weighted by atomic mass is 35.5. The van der Waals surface area contributed by atoms with Crippen LogP contribution < -0.4 is 10.1 Å². The van der Waals surface area contributed by atoms with Crippen molar-refractivity contribution < 1.29 is 27.6 Å². The van der Waals surface area contributed by atoms with Gasteiger partial charge in [0.25, 0.3) is 16.0 Å². The highest BCUT2D eigenvalue weighted by Gasteiger charge is 2.21. The van der Waals surface area contributed by atoms with Crippen LogP contribution in [0.3, 0.4) is 0 Å². The van der Waals surface area contributed by atoms with E-state index in [1.807, 2.05) is 0 Å². The van der Waals surface area contributed by atoms with Gasteiger partial charge in [-0.15, -0.1) is 10.2 Å². The van der Waals surface area contributed by atoms with E-state index >= 15 is 0 Å². The number of hydrogen-bond donors (Lipinski definition) is 3. The van der Waals surface area contributed by atoms with Crippen LogP contribution in [0.25, 0.3) is 10.8 Å². The zero-order chi connectivity index (χ0) is 26.9. The standard InChI is InChI=1S/C25H19Cl2N3O6S/c1-13-7-22(37(33,34)35)21(12-20(13)27)29-30-23-18-6-4-3-5-14(18)8-19(24(23)31)25(32)28-16-9-15(26)10-17(11-16)36-2/h3-12,31H,1-2H3,(H,28,32)(H,33,34,35). The minimum Gasteiger partial charge on any atom is -0.505 e. The van der Waals surface area contributed by atoms with Crippen LogP contribution in [0, 0.1) is 6.92 Å². The van der Waals surface area contributed by atoms with E-state index in [2.05, 4.69) is 15.5 Å². The first-order chi connectivity index (χ1) is 17.5. The van der Waals surface area contributed by atoms with Crippen molar-refractivity contribution in [3.63, 3.8) is 0 Å². The third-order valence-electron chi connectivity index (χ3n) is 5.38. The third-order valence-corrected chi connectivity index (χ3v) is 6.89. The van der Waals surface area contributed by atoms with Gasteiger partial charge < -0.3 is 15.2 Å². The van der Waals surface area contributed by atoms with Crippen molar-refractivity contribution in [3.05, 3.63) is 81.8 Å². The van der Waals surface area contributed by atoms with Gasteiger partial charge >= 0.3 is 0 Å². The summed E-state index contributed by atoms with van der Waals surface area (Å²) in [4.78, 5) is 12.6. The van der Waals surface area contributed by atoms with Crippen LogP contribution in [0.5, 0.6) is 11.5 Å². The number of phenolic OH excluding ortho intramolecular Hbond substituents is 1. The highest BCUT2D eigenvalue weighted by Crippen LogP contribution is 2.41. The Kier molecular flexibility index (Phi) is 7.37. The molecule has 4 rings (SSSR count). The molecule has 12 heteroatoms. The first-order valence-electron chi connectivity index (χ1n) is 10.6. The quantitative estimate of drug-likeness (QED) is 0.170. The number of phenols is 1. The summed E-state index contributed by atoms with van der Waals surface area (Å²) in [5.41, 5.74) is 0.269. The molecule has 0 aliphatic rings. The maximum absolute atomic E-state index is 13.1. The predicted molar refractivity (Wildman–Crippen MR) is 142 cm³/mol. The van der Waals surface area contributed by atoms with Crippen molar-refractivity contribution in [1.82, 2.24) is 0 Å². The second-order valence-corrected chi connectivity index (χ2v) is 10.2. The molecule has 0 spiro atoms. The minimum absolute atomic E-state index is 0.0927. The molecule has 4 aromatic carbocycles. The van der Waals surface area contributed by atoms with E-state index in [1.165, 1.54) is 25.3 Å². The van der Waals surface area contributed by atoms with Crippen LogP contribution >= 0.6 is 23.2 Å². The van der Waals surface area contributed by atoms with Crippen molar-refractivity contribution in [1.29, 1.82) is 0 Å². The van der Waals surface area contributed by atoms with E-state index in [-0.39, 0.29) is 22.0 Å². The van der Waals surface area contributed by atoms with Gasteiger partial charge in [0.05, 0.1) is 12.7 Å². The average molecular weight is 560 g/mol. The second kappa shape index (κ2) is 10.3. The predicted octanol–water partition coefficient (Wildman–Crippen LogP) is 7.08. The first kappa shape index (κ1) is 26.4. The van der Waals surface area contributed by atoms with Gasteiger partial charge in [0.2, 0.25) is 0 Å². The number of hydrogen-bond acceptors (Lipinski definition) is 7. The molecule has 37 heavy (non-hydrogen) atoms. The van der Waals surface area contributed by atoms with E-state index in [1.54, 1.807) is 43.3 Å². The Hall–Kier alpha value is -3.70. The van der Waals surface area contributed by atoms with E-state index < -0.39 is 26.7 Å². The number of aromatic hydroxyl groups is 1. The lowest BCUT2D eigenvalue weighted by Gasteiger charge is -2.12. The number of aryl methyl sites for hydroxylation is 1. The largest absolute Gasteiger partial charge is 0.505 e. The zero-order valence-corrected chi connectivity index (χ0v) is 21.7. The van der Waals surface area contributed by atoms with Crippen LogP contribution in [0.1, 0.15) is 15.9 Å². The zero-order valence-electron chi connectivity index (χ0n) is 19.4. The topological polar surface area (TPSA) is 138 Å². The number of nitrogens with one attached hydrogen (secondary N) is 1. The summed E-state index contributed by atoms with van der Waals surface area (Å²) in [7, 11) is -3.20. The van der Waals surface area contributed by atoms with Gasteiger partial charge in [0, 0.05) is 27.2 Å². The second-order valence-electron chi connectivity index (χ2n) is 7.92. The summed E-state index contributed by atoms with van der Waals surface area (Å²) in [5, 5.41) is 23.2. The maximum atomic E-state index is 13.1. The number of benzene rings is 4. The number of fused-ring (bicyclic) bond motifs is 1. The van der Waals surface area contributed by atoms with Gasteiger partial charge in [-0.1, -0.05) is 47.5 Å². The normalized spacial score (nSPS) is 11.7. The molecule has 0 aliphatic heterocycles. The molecule has 0 fully saturated rings. The first-order valence-corrected chi connectivity index (χ1v) is 12.8. The number of nitrogens with zero attached hydrogens (tertiary/aromatic N) is 2. The van der Waals surface area contributed by atoms with Crippen molar-refractivity contribution in [2.75, 3.05) is 12.4 Å². The molecule has 0 aromatic heterocycles. The molecule has 0 radical (unpaired) electrons. The van der Waals surface area contributed by atoms with E-state index in [0.29, 0.717) is 32.8 Å². The number of azo groups is 1. The van der Waals surface area contributed by atoms with Gasteiger partial charge in [0.1, 0.15) is 22.0 Å². The molecule has 0 saturated heterocycles. The van der Waals surface area contributed by atoms with Gasteiger partial charge in [0.15, 0.2) is 5.75 Å². The molecule has 3 N–H and O–H groups in total. The van der Waals surface area contributed by atoms with Crippen LogP contribution in [-0.2, 0) is 10.1 Å². The number of halogens is 2. The number of rotatable bonds is 6. The fourth-order valence-corrected chi connectivity index (χ4v) is 4.65. The van der Waals surface area contributed by atoms with Crippen molar-refractivity contribution in [3.8, 4) is 11.5 Å². The van der Waals surface area contributed by atoms with Crippen molar-refractivity contribution >= 4 is 67.1 Å². The molecule has 190 valence electrons. The smallest absolute Gasteiger partial charge is 0.296 e. The number of carbonyl (C=O) groups excluding carboxylic acids is 1. The van der Waals surface area contributed by atoms with Gasteiger partial charge in [-0.3, -0.25) is 9.35 Å². The van der Waals surface area contributed by atoms with Crippen LogP contribution in [0.2, 0.25) is 10.0 Å². The summed E-state index contributed by atoms with van der Waals surface area (Å²) in [5.74, 6) is -0.743. The van der Waals surface area contributed by atoms with Gasteiger partial charge in [-0.2, -0.15) is 8.42 Å². The molecule has 9 nitrogen and oxygen atoms in total. The SMILES string of the molecule is COc1cc(Cl)cc(NC(=O)c2cc3ccccc3c(N=Nc3cc(Cl)c(C)cc3S(=O)(=O)O)c2O)c1. The van der Waals surface area contributed by atoms with Crippen molar-refractivity contribution in [2.45, 2.75) is 11.8 Å². The lowest BCUT2D eigenvalue weighted by atomic mass is 10.0. The van der Waals surface area contributed by atoms with E-state index in [4.69, 9.17) is 27.9 Å². The Labute approximate surface area is 222 Å². The molecule has 4 aromatic rings. The molecule has 0 unspecified atom stereocenters. The molecule has 0 aliphatic carbocycles. The van der Waals surface area contributed by atoms with Gasteiger partial charge in [-0.25, -0.2) is 0 Å². The molecule has 0 bridgehead atoms. The van der Waals surface area contributed by atoms with E-state index in [0.717, 1.165) is 6.07 Å². The Bertz CT molecular complexity index is 1690. The molecule has 0 atom stereocenters. The summed E-state index contributed by atoms with van der Waals surface area (Å²) < 4.78 is 38.6. The van der Waals surface area contributed by atoms with Crippen molar-refractivity contribution in [2.24, 2.45) is 10.2 Å². The molecular weight excluding hydrogens is 541 g/mol. The van der Waals surface area contributed by atoms with Gasteiger partial charge in [-0.05, 0) is 48.2 Å². The number of anilines is 1. The van der Waals surface area contributed by atoms with Crippen LogP contribution in [-0.4, -0.2) is 31.1 Å². The Morgan fingerprint density at radius 2 is 1.76 bits per heavy atom. The molecule has 0 heterocycles. The Balaban J connectivity index is 1.83. The number of carbonyl (C=O) groups is 1. The fraction of sp³-hybridized carbons (Fsp3) is 0.0800. The molecule has 0 saturated carbocycles. The minimum atomic E-state index is -4.66. The number of amides is 1. The molecular formula is C25H19Cl2N3O6S. The summed E-state index contributed by atoms with van der Waals surface area (Å²) in [6, 6.07) is 15.3. The van der Waals surface area contributed by atoms with Crippen LogP contribution in [0.15, 0.2) is 75.8 Å².